The van der Waals surface area contributed by atoms with E-state index in [1.807, 2.05) is 6.92 Å². The number of hydrogen-bond donors (Lipinski definition) is 1. The molecule has 0 heterocycles. The molecular weight excluding hydrogens is 276 g/mol. The Morgan fingerprint density at radius 1 is 1.05 bits per heavy atom. The molecule has 0 bridgehead atoms. The molecule has 0 radical (unpaired) electrons. The molecule has 0 saturated heterocycles. The van der Waals surface area contributed by atoms with E-state index < -0.39 is 11.5 Å². The van der Waals surface area contributed by atoms with Crippen LogP contribution >= 0.6 is 0 Å². The number of Topliss-reactive ketones (excluding diaryl/α,β-unsaturated/α-hetero) is 2. The topological polar surface area (TPSA) is 54.4 Å². The Hall–Kier alpha value is -0.700. The molecule has 0 aromatic heterocycles. The van der Waals surface area contributed by atoms with Crippen LogP contribution in [0.4, 0.5) is 0 Å². The van der Waals surface area contributed by atoms with Gasteiger partial charge < -0.3 is 5.11 Å². The molecule has 4 saturated carbocycles. The van der Waals surface area contributed by atoms with Crippen molar-refractivity contribution < 1.29 is 14.7 Å². The Bertz CT molecular complexity index is 527. The lowest BCUT2D eigenvalue weighted by Gasteiger charge is -2.60. The lowest BCUT2D eigenvalue weighted by atomic mass is 9.44. The van der Waals surface area contributed by atoms with Crippen LogP contribution in [0.2, 0.25) is 0 Å². The number of rotatable bonds is 0. The predicted molar refractivity (Wildman–Crippen MR) is 83.1 cm³/mol. The SMILES string of the molecule is C[C@@]12CCC(=O)C[C@@H]1CC[C@H]1[C@H]2C[C@@H](O)[C@@]2(C)C(=O)CC[C@H]12. The first-order chi connectivity index (χ1) is 10.4. The molecule has 0 unspecified atom stereocenters. The lowest BCUT2D eigenvalue weighted by molar-refractivity contribution is -0.166. The van der Waals surface area contributed by atoms with E-state index in [0.29, 0.717) is 42.3 Å². The Labute approximate surface area is 132 Å². The molecule has 4 aliphatic carbocycles. The average molecular weight is 304 g/mol. The number of hydrogen-bond acceptors (Lipinski definition) is 3. The average Bonchev–Trinajstić information content (AvgIpc) is 2.79. The van der Waals surface area contributed by atoms with Crippen LogP contribution in [-0.2, 0) is 9.59 Å². The fourth-order valence-corrected chi connectivity index (χ4v) is 6.79. The van der Waals surface area contributed by atoms with E-state index in [-0.39, 0.29) is 11.2 Å². The minimum Gasteiger partial charge on any atom is -0.392 e. The molecule has 1 N–H and O–H groups in total. The maximum atomic E-state index is 12.4. The minimum atomic E-state index is -0.491. The largest absolute Gasteiger partial charge is 0.392 e. The number of fused-ring (bicyclic) bond motifs is 5. The summed E-state index contributed by atoms with van der Waals surface area (Å²) in [5.74, 6) is 2.66. The summed E-state index contributed by atoms with van der Waals surface area (Å²) in [5, 5.41) is 10.8. The standard InChI is InChI=1S/C19H28O3/c1-18-8-7-12(20)9-11(18)3-4-13-14-5-6-16(21)19(14,2)17(22)10-15(13)18/h11,13-15,17,22H,3-10H2,1-2H3/t11-,13+,14+,15+,17+,18+,19+/m0/s1. The third-order valence-electron chi connectivity index (χ3n) is 8.30. The first-order valence-electron chi connectivity index (χ1n) is 9.10. The van der Waals surface area contributed by atoms with Crippen molar-refractivity contribution in [2.75, 3.05) is 0 Å². The number of aliphatic hydroxyl groups is 1. The van der Waals surface area contributed by atoms with E-state index in [1.165, 1.54) is 0 Å². The van der Waals surface area contributed by atoms with Crippen LogP contribution in [0, 0.1) is 34.5 Å². The predicted octanol–water partition coefficient (Wildman–Crippen LogP) is 3.14. The van der Waals surface area contributed by atoms with Crippen LogP contribution in [0.15, 0.2) is 0 Å². The lowest BCUT2D eigenvalue weighted by Crippen LogP contribution is -2.58. The summed E-state index contributed by atoms with van der Waals surface area (Å²) in [5.41, 5.74) is -0.292. The van der Waals surface area contributed by atoms with Crippen molar-refractivity contribution in [2.45, 2.75) is 71.3 Å². The van der Waals surface area contributed by atoms with Gasteiger partial charge in [-0.05, 0) is 68.1 Å². The zero-order valence-corrected chi connectivity index (χ0v) is 13.8. The van der Waals surface area contributed by atoms with E-state index in [0.717, 1.165) is 38.5 Å². The van der Waals surface area contributed by atoms with Crippen molar-refractivity contribution in [1.82, 2.24) is 0 Å². The van der Waals surface area contributed by atoms with E-state index in [4.69, 9.17) is 0 Å². The summed E-state index contributed by atoms with van der Waals surface area (Å²) in [4.78, 5) is 24.3. The molecule has 0 amide bonds. The zero-order chi connectivity index (χ0) is 15.7. The smallest absolute Gasteiger partial charge is 0.141 e. The summed E-state index contributed by atoms with van der Waals surface area (Å²) in [6, 6.07) is 0. The molecule has 4 aliphatic rings. The molecule has 7 atom stereocenters. The second kappa shape index (κ2) is 4.66. The van der Waals surface area contributed by atoms with Crippen molar-refractivity contribution in [3.63, 3.8) is 0 Å². The molecule has 0 aliphatic heterocycles. The second-order valence-electron chi connectivity index (χ2n) is 8.90. The second-order valence-corrected chi connectivity index (χ2v) is 8.90. The van der Waals surface area contributed by atoms with Crippen LogP contribution < -0.4 is 0 Å². The highest BCUT2D eigenvalue weighted by Crippen LogP contribution is 2.65. The summed E-state index contributed by atoms with van der Waals surface area (Å²) < 4.78 is 0. The van der Waals surface area contributed by atoms with Gasteiger partial charge in [0.25, 0.3) is 0 Å². The number of carbonyl (C=O) groups excluding carboxylic acids is 2. The summed E-state index contributed by atoms with van der Waals surface area (Å²) in [6.45, 7) is 4.39. The van der Waals surface area contributed by atoms with Gasteiger partial charge in [-0.25, -0.2) is 0 Å². The van der Waals surface area contributed by atoms with Crippen LogP contribution in [0.3, 0.4) is 0 Å². The molecule has 3 nitrogen and oxygen atoms in total. The van der Waals surface area contributed by atoms with Gasteiger partial charge in [0.2, 0.25) is 0 Å². The first kappa shape index (κ1) is 14.9. The van der Waals surface area contributed by atoms with Gasteiger partial charge in [-0.3, -0.25) is 9.59 Å². The van der Waals surface area contributed by atoms with Crippen LogP contribution in [-0.4, -0.2) is 22.8 Å². The summed E-state index contributed by atoms with van der Waals surface area (Å²) in [7, 11) is 0. The summed E-state index contributed by atoms with van der Waals surface area (Å²) >= 11 is 0. The van der Waals surface area contributed by atoms with Crippen LogP contribution in [0.25, 0.3) is 0 Å². The van der Waals surface area contributed by atoms with Gasteiger partial charge in [0, 0.05) is 19.3 Å². The van der Waals surface area contributed by atoms with Crippen LogP contribution in [0.5, 0.6) is 0 Å². The molecule has 122 valence electrons. The monoisotopic (exact) mass is 304 g/mol. The first-order valence-corrected chi connectivity index (χ1v) is 9.10. The Morgan fingerprint density at radius 2 is 1.82 bits per heavy atom. The summed E-state index contributed by atoms with van der Waals surface area (Å²) in [6.07, 6.45) is 6.64. The number of ketones is 2. The van der Waals surface area contributed by atoms with Crippen LogP contribution in [0.1, 0.15) is 65.2 Å². The maximum absolute atomic E-state index is 12.4. The fraction of sp³-hybridized carbons (Fsp3) is 0.895. The van der Waals surface area contributed by atoms with E-state index >= 15 is 0 Å². The third kappa shape index (κ3) is 1.72. The molecule has 4 fully saturated rings. The molecule has 0 spiro atoms. The Kier molecular flexibility index (Phi) is 3.15. The van der Waals surface area contributed by atoms with Gasteiger partial charge in [-0.2, -0.15) is 0 Å². The molecular formula is C19H28O3. The van der Waals surface area contributed by atoms with E-state index in [2.05, 4.69) is 6.92 Å². The van der Waals surface area contributed by atoms with Gasteiger partial charge in [-0.1, -0.05) is 6.92 Å². The molecule has 0 aromatic carbocycles. The van der Waals surface area contributed by atoms with Gasteiger partial charge in [0.1, 0.15) is 11.6 Å². The van der Waals surface area contributed by atoms with Crippen molar-refractivity contribution in [3.8, 4) is 0 Å². The van der Waals surface area contributed by atoms with Crippen molar-refractivity contribution in [2.24, 2.45) is 34.5 Å². The highest BCUT2D eigenvalue weighted by molar-refractivity contribution is 5.88. The molecule has 22 heavy (non-hydrogen) atoms. The van der Waals surface area contributed by atoms with E-state index in [1.54, 1.807) is 0 Å². The van der Waals surface area contributed by atoms with Gasteiger partial charge in [0.05, 0.1) is 11.5 Å². The molecule has 4 rings (SSSR count). The Balaban J connectivity index is 1.69. The zero-order valence-electron chi connectivity index (χ0n) is 13.8. The molecule has 3 heteroatoms. The quantitative estimate of drug-likeness (QED) is 0.748. The highest BCUT2D eigenvalue weighted by atomic mass is 16.3. The number of aliphatic hydroxyl groups excluding tert-OH is 1. The van der Waals surface area contributed by atoms with Crippen molar-refractivity contribution in [1.29, 1.82) is 0 Å². The Morgan fingerprint density at radius 3 is 2.59 bits per heavy atom. The highest BCUT2D eigenvalue weighted by Gasteiger charge is 2.63. The minimum absolute atomic E-state index is 0.199. The van der Waals surface area contributed by atoms with Gasteiger partial charge >= 0.3 is 0 Å². The maximum Gasteiger partial charge on any atom is 0.141 e. The number of carbonyl (C=O) groups is 2. The van der Waals surface area contributed by atoms with Gasteiger partial charge in [-0.15, -0.1) is 0 Å². The normalized spacial score (nSPS) is 54.6. The third-order valence-corrected chi connectivity index (χ3v) is 8.30. The van der Waals surface area contributed by atoms with Crippen molar-refractivity contribution >= 4 is 11.6 Å². The fourth-order valence-electron chi connectivity index (χ4n) is 6.79. The molecule has 0 aromatic rings. The van der Waals surface area contributed by atoms with Gasteiger partial charge in [0.15, 0.2) is 0 Å². The van der Waals surface area contributed by atoms with Crippen molar-refractivity contribution in [3.05, 3.63) is 0 Å². The van der Waals surface area contributed by atoms with E-state index in [9.17, 15) is 14.7 Å².